The van der Waals surface area contributed by atoms with Gasteiger partial charge in [0.15, 0.2) is 0 Å². The lowest BCUT2D eigenvalue weighted by molar-refractivity contribution is -0.123. The molecule has 1 fully saturated rings. The highest BCUT2D eigenvalue weighted by molar-refractivity contribution is 6.17. The number of rotatable bonds is 5. The first-order valence-electron chi connectivity index (χ1n) is 4.85. The molecule has 0 radical (unpaired) electrons. The first kappa shape index (κ1) is 11.8. The second-order valence-corrected chi connectivity index (χ2v) is 3.54. The Morgan fingerprint density at radius 3 is 3.00 bits per heavy atom. The fraction of sp³-hybridized carbons (Fsp3) is 0.889. The summed E-state index contributed by atoms with van der Waals surface area (Å²) in [4.78, 5) is 11.2. The Morgan fingerprint density at radius 1 is 1.50 bits per heavy atom. The molecule has 1 N–H and O–H groups in total. The fourth-order valence-corrected chi connectivity index (χ4v) is 1.33. The predicted octanol–water partition coefficient (Wildman–Crippen LogP) is 0.537. The molecule has 0 saturated carbocycles. The van der Waals surface area contributed by atoms with Crippen molar-refractivity contribution in [2.24, 2.45) is 0 Å². The van der Waals surface area contributed by atoms with E-state index in [1.54, 1.807) is 0 Å². The molecule has 1 unspecified atom stereocenters. The van der Waals surface area contributed by atoms with Crippen LogP contribution in [0.25, 0.3) is 0 Å². The van der Waals surface area contributed by atoms with E-state index in [9.17, 15) is 4.79 Å². The highest BCUT2D eigenvalue weighted by Gasteiger charge is 2.14. The summed E-state index contributed by atoms with van der Waals surface area (Å²) in [5, 5.41) is 2.78. The lowest BCUT2D eigenvalue weighted by Crippen LogP contribution is -2.39. The van der Waals surface area contributed by atoms with Crippen LogP contribution in [-0.4, -0.2) is 44.3 Å². The van der Waals surface area contributed by atoms with Gasteiger partial charge >= 0.3 is 0 Å². The van der Waals surface area contributed by atoms with Gasteiger partial charge in [-0.3, -0.25) is 4.79 Å². The van der Waals surface area contributed by atoms with Crippen LogP contribution >= 0.6 is 11.6 Å². The summed E-state index contributed by atoms with van der Waals surface area (Å²) in [5.41, 5.74) is 0. The summed E-state index contributed by atoms with van der Waals surface area (Å²) in [6.45, 7) is 2.36. The number of hydrogen-bond donors (Lipinski definition) is 1. The molecular formula is C9H16ClNO3. The van der Waals surface area contributed by atoms with Crippen molar-refractivity contribution in [2.45, 2.75) is 18.9 Å². The van der Waals surface area contributed by atoms with Gasteiger partial charge in [-0.2, -0.15) is 0 Å². The molecule has 1 amide bonds. The van der Waals surface area contributed by atoms with Crippen molar-refractivity contribution in [1.29, 1.82) is 0 Å². The number of halogens is 1. The monoisotopic (exact) mass is 221 g/mol. The Hall–Kier alpha value is -0.320. The first-order chi connectivity index (χ1) is 6.83. The van der Waals surface area contributed by atoms with Gasteiger partial charge in [-0.1, -0.05) is 0 Å². The van der Waals surface area contributed by atoms with Crippen LogP contribution in [0.15, 0.2) is 0 Å². The first-order valence-corrected chi connectivity index (χ1v) is 5.38. The third-order valence-electron chi connectivity index (χ3n) is 1.95. The maximum Gasteiger partial charge on any atom is 0.220 e. The summed E-state index contributed by atoms with van der Waals surface area (Å²) >= 11 is 5.47. The van der Waals surface area contributed by atoms with E-state index in [4.69, 9.17) is 21.1 Å². The number of carbonyl (C=O) groups excluding carboxylic acids is 1. The number of ether oxygens (including phenoxy) is 2. The van der Waals surface area contributed by atoms with Gasteiger partial charge in [-0.05, 0) is 6.42 Å². The number of carbonyl (C=O) groups is 1. The second kappa shape index (κ2) is 7.04. The largest absolute Gasteiger partial charge is 0.376 e. The van der Waals surface area contributed by atoms with Crippen molar-refractivity contribution >= 4 is 17.5 Å². The zero-order valence-corrected chi connectivity index (χ0v) is 8.89. The van der Waals surface area contributed by atoms with Crippen molar-refractivity contribution in [2.75, 3.05) is 32.2 Å². The van der Waals surface area contributed by atoms with Gasteiger partial charge in [0.1, 0.15) is 0 Å². The van der Waals surface area contributed by atoms with Crippen molar-refractivity contribution < 1.29 is 14.3 Å². The maximum absolute atomic E-state index is 11.2. The molecule has 14 heavy (non-hydrogen) atoms. The van der Waals surface area contributed by atoms with Crippen LogP contribution < -0.4 is 5.32 Å². The molecule has 1 rings (SSSR count). The Balaban J connectivity index is 2.03. The molecule has 0 aliphatic carbocycles. The molecule has 0 aromatic heterocycles. The number of nitrogens with one attached hydrogen (secondary N) is 1. The van der Waals surface area contributed by atoms with E-state index in [0.29, 0.717) is 38.7 Å². The summed E-state index contributed by atoms with van der Waals surface area (Å²) < 4.78 is 10.6. The Morgan fingerprint density at radius 2 is 2.36 bits per heavy atom. The summed E-state index contributed by atoms with van der Waals surface area (Å²) in [6, 6.07) is 0. The van der Waals surface area contributed by atoms with E-state index in [1.165, 1.54) is 0 Å². The lowest BCUT2D eigenvalue weighted by Gasteiger charge is -2.22. The van der Waals surface area contributed by atoms with Crippen LogP contribution in [0.1, 0.15) is 12.8 Å². The van der Waals surface area contributed by atoms with E-state index >= 15 is 0 Å². The van der Waals surface area contributed by atoms with Crippen molar-refractivity contribution in [3.05, 3.63) is 0 Å². The zero-order chi connectivity index (χ0) is 10.2. The summed E-state index contributed by atoms with van der Waals surface area (Å²) in [7, 11) is 0. The summed E-state index contributed by atoms with van der Waals surface area (Å²) in [5.74, 6) is 0.552. The molecule has 0 bridgehead atoms. The third-order valence-corrected chi connectivity index (χ3v) is 2.22. The molecule has 1 saturated heterocycles. The van der Waals surface area contributed by atoms with Gasteiger partial charge in [0.25, 0.3) is 0 Å². The van der Waals surface area contributed by atoms with Gasteiger partial charge in [0, 0.05) is 18.8 Å². The van der Waals surface area contributed by atoms with Crippen LogP contribution in [0.3, 0.4) is 0 Å². The number of alkyl halides is 1. The molecular weight excluding hydrogens is 206 g/mol. The number of amides is 1. The van der Waals surface area contributed by atoms with Crippen molar-refractivity contribution in [3.63, 3.8) is 0 Å². The van der Waals surface area contributed by atoms with Gasteiger partial charge in [0.05, 0.1) is 25.9 Å². The van der Waals surface area contributed by atoms with Gasteiger partial charge in [-0.25, -0.2) is 0 Å². The Kier molecular flexibility index (Phi) is 5.91. The zero-order valence-electron chi connectivity index (χ0n) is 8.13. The minimum Gasteiger partial charge on any atom is -0.376 e. The molecule has 82 valence electrons. The van der Waals surface area contributed by atoms with Gasteiger partial charge in [-0.15, -0.1) is 11.6 Å². The molecule has 0 aromatic rings. The molecule has 4 nitrogen and oxygen atoms in total. The van der Waals surface area contributed by atoms with E-state index in [-0.39, 0.29) is 12.0 Å². The molecule has 1 atom stereocenters. The van der Waals surface area contributed by atoms with Crippen LogP contribution in [0, 0.1) is 0 Å². The molecule has 0 spiro atoms. The normalized spacial score (nSPS) is 21.9. The highest BCUT2D eigenvalue weighted by atomic mass is 35.5. The molecule has 0 aromatic carbocycles. The molecule has 5 heteroatoms. The fourth-order valence-electron chi connectivity index (χ4n) is 1.20. The van der Waals surface area contributed by atoms with Crippen LogP contribution in [0.2, 0.25) is 0 Å². The number of hydrogen-bond acceptors (Lipinski definition) is 3. The average Bonchev–Trinajstić information content (AvgIpc) is 2.25. The van der Waals surface area contributed by atoms with Crippen LogP contribution in [-0.2, 0) is 14.3 Å². The van der Waals surface area contributed by atoms with Gasteiger partial charge in [0.2, 0.25) is 5.91 Å². The Labute approximate surface area is 88.9 Å². The SMILES string of the molecule is O=C(CCCCl)NCC1COCCO1. The molecule has 1 heterocycles. The quantitative estimate of drug-likeness (QED) is 0.690. The molecule has 1 aliphatic rings. The lowest BCUT2D eigenvalue weighted by atomic mass is 10.3. The van der Waals surface area contributed by atoms with E-state index in [1.807, 2.05) is 0 Å². The topological polar surface area (TPSA) is 47.6 Å². The standard InChI is InChI=1S/C9H16ClNO3/c10-3-1-2-9(12)11-6-8-7-13-4-5-14-8/h8H,1-7H2,(H,11,12). The molecule has 1 aliphatic heterocycles. The minimum atomic E-state index is 0.00343. The van der Waals surface area contributed by atoms with Gasteiger partial charge < -0.3 is 14.8 Å². The van der Waals surface area contributed by atoms with E-state index in [2.05, 4.69) is 5.32 Å². The van der Waals surface area contributed by atoms with E-state index in [0.717, 1.165) is 6.42 Å². The van der Waals surface area contributed by atoms with Crippen molar-refractivity contribution in [1.82, 2.24) is 5.32 Å². The smallest absolute Gasteiger partial charge is 0.220 e. The third kappa shape index (κ3) is 4.79. The predicted molar refractivity (Wildman–Crippen MR) is 53.5 cm³/mol. The highest BCUT2D eigenvalue weighted by Crippen LogP contribution is 1.99. The maximum atomic E-state index is 11.2. The average molecular weight is 222 g/mol. The van der Waals surface area contributed by atoms with Crippen LogP contribution in [0.4, 0.5) is 0 Å². The minimum absolute atomic E-state index is 0.00343. The second-order valence-electron chi connectivity index (χ2n) is 3.16. The van der Waals surface area contributed by atoms with Crippen LogP contribution in [0.5, 0.6) is 0 Å². The summed E-state index contributed by atoms with van der Waals surface area (Å²) in [6.07, 6.45) is 1.20. The Bertz CT molecular complexity index is 171. The van der Waals surface area contributed by atoms with E-state index < -0.39 is 0 Å². The van der Waals surface area contributed by atoms with Crippen molar-refractivity contribution in [3.8, 4) is 0 Å².